The first-order chi connectivity index (χ1) is 7.45. The smallest absolute Gasteiger partial charge is 0.240 e. The van der Waals surface area contributed by atoms with E-state index < -0.39 is 5.54 Å². The summed E-state index contributed by atoms with van der Waals surface area (Å²) in [6.07, 6.45) is 5.18. The molecule has 0 bridgehead atoms. The zero-order valence-electron chi connectivity index (χ0n) is 10.6. The Hall–Kier alpha value is -1.07. The molecule has 0 aliphatic heterocycles. The van der Waals surface area contributed by atoms with Gasteiger partial charge in [0.05, 0.1) is 11.7 Å². The molecule has 1 atom stereocenters. The van der Waals surface area contributed by atoms with Gasteiger partial charge in [0.25, 0.3) is 0 Å². The second-order valence-corrected chi connectivity index (χ2v) is 4.37. The molecule has 1 amide bonds. The van der Waals surface area contributed by atoms with E-state index in [1.165, 1.54) is 0 Å². The van der Waals surface area contributed by atoms with Crippen molar-refractivity contribution in [3.8, 4) is 0 Å². The highest BCUT2D eigenvalue weighted by atomic mass is 35.5. The largest absolute Gasteiger partial charge is 0.350 e. The van der Waals surface area contributed by atoms with Crippen molar-refractivity contribution < 1.29 is 4.79 Å². The molecule has 6 heteroatoms. The number of hydrogen-bond donors (Lipinski definition) is 2. The SMILES string of the molecule is CCCC(C)(N)C(=O)NCc1cnn(C)c1.Cl. The Morgan fingerprint density at radius 2 is 2.29 bits per heavy atom. The van der Waals surface area contributed by atoms with Gasteiger partial charge < -0.3 is 11.1 Å². The average Bonchev–Trinajstić information content (AvgIpc) is 2.60. The molecule has 0 aliphatic carbocycles. The Morgan fingerprint density at radius 3 is 2.76 bits per heavy atom. The minimum absolute atomic E-state index is 0. The fourth-order valence-electron chi connectivity index (χ4n) is 1.58. The van der Waals surface area contributed by atoms with E-state index in [1.807, 2.05) is 20.2 Å². The van der Waals surface area contributed by atoms with Crippen LogP contribution in [0.5, 0.6) is 0 Å². The van der Waals surface area contributed by atoms with Gasteiger partial charge in [0.2, 0.25) is 5.91 Å². The predicted octanol–water partition coefficient (Wildman–Crippen LogP) is 0.976. The topological polar surface area (TPSA) is 72.9 Å². The number of halogens is 1. The molecule has 1 aromatic heterocycles. The molecule has 1 unspecified atom stereocenters. The molecule has 0 aromatic carbocycles. The van der Waals surface area contributed by atoms with Crippen molar-refractivity contribution in [1.82, 2.24) is 15.1 Å². The Bertz CT molecular complexity index is 362. The monoisotopic (exact) mass is 260 g/mol. The van der Waals surface area contributed by atoms with Crippen LogP contribution in [0.15, 0.2) is 12.4 Å². The third-order valence-electron chi connectivity index (χ3n) is 2.50. The van der Waals surface area contributed by atoms with Crippen molar-refractivity contribution in [2.75, 3.05) is 0 Å². The third-order valence-corrected chi connectivity index (χ3v) is 2.50. The van der Waals surface area contributed by atoms with Crippen molar-refractivity contribution in [3.63, 3.8) is 0 Å². The summed E-state index contributed by atoms with van der Waals surface area (Å²) in [5.41, 5.74) is 6.10. The number of aromatic nitrogens is 2. The Labute approximate surface area is 108 Å². The highest BCUT2D eigenvalue weighted by Crippen LogP contribution is 2.08. The highest BCUT2D eigenvalue weighted by Gasteiger charge is 2.26. The molecular weight excluding hydrogens is 240 g/mol. The van der Waals surface area contributed by atoms with Gasteiger partial charge in [-0.3, -0.25) is 9.48 Å². The lowest BCUT2D eigenvalue weighted by Gasteiger charge is -2.22. The zero-order chi connectivity index (χ0) is 12.2. The van der Waals surface area contributed by atoms with Crippen LogP contribution in [-0.2, 0) is 18.4 Å². The van der Waals surface area contributed by atoms with Gasteiger partial charge in [0.1, 0.15) is 0 Å². The van der Waals surface area contributed by atoms with Crippen molar-refractivity contribution in [1.29, 1.82) is 0 Å². The maximum atomic E-state index is 11.8. The van der Waals surface area contributed by atoms with Crippen LogP contribution < -0.4 is 11.1 Å². The van der Waals surface area contributed by atoms with Crippen molar-refractivity contribution in [2.45, 2.75) is 38.8 Å². The number of nitrogens with one attached hydrogen (secondary N) is 1. The van der Waals surface area contributed by atoms with E-state index in [2.05, 4.69) is 10.4 Å². The van der Waals surface area contributed by atoms with Crippen molar-refractivity contribution >= 4 is 18.3 Å². The fraction of sp³-hybridized carbons (Fsp3) is 0.636. The summed E-state index contributed by atoms with van der Waals surface area (Å²) in [4.78, 5) is 11.8. The number of aryl methyl sites for hydroxylation is 1. The predicted molar refractivity (Wildman–Crippen MR) is 69.8 cm³/mol. The van der Waals surface area contributed by atoms with Gasteiger partial charge in [-0.25, -0.2) is 0 Å². The van der Waals surface area contributed by atoms with Crippen LogP contribution in [0.25, 0.3) is 0 Å². The molecular formula is C11H21ClN4O. The second kappa shape index (κ2) is 6.61. The van der Waals surface area contributed by atoms with E-state index in [1.54, 1.807) is 17.8 Å². The number of amides is 1. The maximum Gasteiger partial charge on any atom is 0.240 e. The van der Waals surface area contributed by atoms with Crippen LogP contribution in [0.4, 0.5) is 0 Å². The quantitative estimate of drug-likeness (QED) is 0.829. The Morgan fingerprint density at radius 1 is 1.65 bits per heavy atom. The van der Waals surface area contributed by atoms with Crippen LogP contribution >= 0.6 is 12.4 Å². The molecule has 5 nitrogen and oxygen atoms in total. The van der Waals surface area contributed by atoms with Crippen LogP contribution in [0, 0.1) is 0 Å². The van der Waals surface area contributed by atoms with E-state index in [9.17, 15) is 4.79 Å². The van der Waals surface area contributed by atoms with Crippen molar-refractivity contribution in [2.24, 2.45) is 12.8 Å². The molecule has 1 heterocycles. The molecule has 0 fully saturated rings. The number of carbonyl (C=O) groups is 1. The number of carbonyl (C=O) groups excluding carboxylic acids is 1. The number of hydrogen-bond acceptors (Lipinski definition) is 3. The molecule has 0 aliphatic rings. The van der Waals surface area contributed by atoms with Gasteiger partial charge in [-0.2, -0.15) is 5.10 Å². The summed E-state index contributed by atoms with van der Waals surface area (Å²) in [7, 11) is 1.84. The second-order valence-electron chi connectivity index (χ2n) is 4.37. The van der Waals surface area contributed by atoms with Gasteiger partial charge in [-0.15, -0.1) is 12.4 Å². The zero-order valence-corrected chi connectivity index (χ0v) is 11.4. The van der Waals surface area contributed by atoms with Crippen LogP contribution in [-0.4, -0.2) is 21.2 Å². The van der Waals surface area contributed by atoms with Gasteiger partial charge >= 0.3 is 0 Å². The van der Waals surface area contributed by atoms with E-state index in [-0.39, 0.29) is 18.3 Å². The normalized spacial score (nSPS) is 13.6. The van der Waals surface area contributed by atoms with Gasteiger partial charge in [0.15, 0.2) is 0 Å². The standard InChI is InChI=1S/C11H20N4O.ClH/c1-4-5-11(2,12)10(16)13-6-9-7-14-15(3)8-9;/h7-8H,4-6,12H2,1-3H3,(H,13,16);1H. The van der Waals surface area contributed by atoms with E-state index in [4.69, 9.17) is 5.73 Å². The van der Waals surface area contributed by atoms with Crippen LogP contribution in [0.3, 0.4) is 0 Å². The van der Waals surface area contributed by atoms with Gasteiger partial charge in [0, 0.05) is 25.4 Å². The molecule has 1 rings (SSSR count). The highest BCUT2D eigenvalue weighted by molar-refractivity contribution is 5.85. The summed E-state index contributed by atoms with van der Waals surface area (Å²) < 4.78 is 1.70. The Kier molecular flexibility index (Phi) is 6.20. The minimum atomic E-state index is -0.781. The molecule has 98 valence electrons. The number of nitrogens with zero attached hydrogens (tertiary/aromatic N) is 2. The van der Waals surface area contributed by atoms with E-state index >= 15 is 0 Å². The van der Waals surface area contributed by atoms with Gasteiger partial charge in [-0.1, -0.05) is 13.3 Å². The summed E-state index contributed by atoms with van der Waals surface area (Å²) >= 11 is 0. The summed E-state index contributed by atoms with van der Waals surface area (Å²) in [5, 5.41) is 6.85. The fourth-order valence-corrected chi connectivity index (χ4v) is 1.58. The molecule has 0 radical (unpaired) electrons. The third kappa shape index (κ3) is 4.75. The Balaban J connectivity index is 0.00000256. The first kappa shape index (κ1) is 15.9. The summed E-state index contributed by atoms with van der Waals surface area (Å²) in [6, 6.07) is 0. The van der Waals surface area contributed by atoms with E-state index in [0.717, 1.165) is 12.0 Å². The first-order valence-electron chi connectivity index (χ1n) is 5.50. The summed E-state index contributed by atoms with van der Waals surface area (Å²) in [6.45, 7) is 4.25. The lowest BCUT2D eigenvalue weighted by atomic mass is 9.96. The average molecular weight is 261 g/mol. The maximum absolute atomic E-state index is 11.8. The lowest BCUT2D eigenvalue weighted by Crippen LogP contribution is -2.51. The molecule has 3 N–H and O–H groups in total. The number of rotatable bonds is 5. The van der Waals surface area contributed by atoms with E-state index in [0.29, 0.717) is 13.0 Å². The lowest BCUT2D eigenvalue weighted by molar-refractivity contribution is -0.126. The van der Waals surface area contributed by atoms with Crippen LogP contribution in [0.2, 0.25) is 0 Å². The minimum Gasteiger partial charge on any atom is -0.350 e. The number of nitrogens with two attached hydrogens (primary N) is 1. The van der Waals surface area contributed by atoms with Gasteiger partial charge in [-0.05, 0) is 13.3 Å². The first-order valence-corrected chi connectivity index (χ1v) is 5.50. The summed E-state index contributed by atoms with van der Waals surface area (Å²) in [5.74, 6) is -0.113. The molecule has 0 saturated heterocycles. The molecule has 1 aromatic rings. The van der Waals surface area contributed by atoms with Crippen molar-refractivity contribution in [3.05, 3.63) is 18.0 Å². The molecule has 17 heavy (non-hydrogen) atoms. The molecule has 0 saturated carbocycles. The molecule has 0 spiro atoms. The van der Waals surface area contributed by atoms with Crippen LogP contribution in [0.1, 0.15) is 32.3 Å².